The largest absolute Gasteiger partial charge is 0.276 e. The second-order valence-electron chi connectivity index (χ2n) is 5.34. The summed E-state index contributed by atoms with van der Waals surface area (Å²) in [5, 5.41) is 4.18. The molecular formula is C16H11ClF3N3O2S. The van der Waals surface area contributed by atoms with Gasteiger partial charge in [0.15, 0.2) is 0 Å². The average molecular weight is 402 g/mol. The summed E-state index contributed by atoms with van der Waals surface area (Å²) in [6.07, 6.45) is 2.58. The smallest absolute Gasteiger partial charge is 0.264 e. The van der Waals surface area contributed by atoms with Crippen LogP contribution in [0.15, 0.2) is 53.7 Å². The van der Waals surface area contributed by atoms with Crippen molar-refractivity contribution in [1.82, 2.24) is 9.78 Å². The van der Waals surface area contributed by atoms with Crippen molar-refractivity contribution in [2.75, 3.05) is 4.72 Å². The molecule has 1 heterocycles. The zero-order valence-corrected chi connectivity index (χ0v) is 14.5. The first-order valence-electron chi connectivity index (χ1n) is 7.19. The number of rotatable bonds is 5. The number of halogens is 4. The molecule has 26 heavy (non-hydrogen) atoms. The molecule has 0 amide bonds. The molecule has 3 aromatic rings. The fraction of sp³-hybridized carbons (Fsp3) is 0.0625. The molecule has 0 spiro atoms. The second kappa shape index (κ2) is 7.00. The standard InChI is InChI=1S/C16H11ClF3N3O2S/c17-14-5-11(18)2-1-10(14)8-23-9-13(7-21-23)22-26(24,25)16-4-3-12(19)6-15(16)20/h1-7,9,22H,8H2. The monoisotopic (exact) mass is 401 g/mol. The van der Waals surface area contributed by atoms with Crippen LogP contribution in [0, 0.1) is 17.5 Å². The summed E-state index contributed by atoms with van der Waals surface area (Å²) in [6, 6.07) is 6.03. The van der Waals surface area contributed by atoms with Crippen molar-refractivity contribution in [3.8, 4) is 0 Å². The maximum atomic E-state index is 13.7. The highest BCUT2D eigenvalue weighted by Crippen LogP contribution is 2.21. The Morgan fingerprint density at radius 3 is 2.46 bits per heavy atom. The van der Waals surface area contributed by atoms with Crippen molar-refractivity contribution in [1.29, 1.82) is 0 Å². The molecule has 0 radical (unpaired) electrons. The fourth-order valence-electron chi connectivity index (χ4n) is 2.23. The Kier molecular flexibility index (Phi) is 4.92. The lowest BCUT2D eigenvalue weighted by atomic mass is 10.2. The van der Waals surface area contributed by atoms with Crippen molar-refractivity contribution in [3.05, 3.63) is 76.8 Å². The SMILES string of the molecule is O=S(=O)(Nc1cnn(Cc2ccc(F)cc2Cl)c1)c1ccc(F)cc1F. The van der Waals surface area contributed by atoms with Gasteiger partial charge in [-0.1, -0.05) is 17.7 Å². The predicted molar refractivity (Wildman–Crippen MR) is 89.9 cm³/mol. The number of nitrogens with zero attached hydrogens (tertiary/aromatic N) is 2. The van der Waals surface area contributed by atoms with E-state index in [0.717, 1.165) is 18.2 Å². The number of anilines is 1. The summed E-state index contributed by atoms with van der Waals surface area (Å²) in [6.45, 7) is 0.172. The molecule has 0 unspecified atom stereocenters. The number of hydrogen-bond donors (Lipinski definition) is 1. The Morgan fingerprint density at radius 1 is 1.08 bits per heavy atom. The topological polar surface area (TPSA) is 64.0 Å². The van der Waals surface area contributed by atoms with E-state index in [0.29, 0.717) is 11.6 Å². The highest BCUT2D eigenvalue weighted by molar-refractivity contribution is 7.92. The van der Waals surface area contributed by atoms with E-state index in [1.54, 1.807) is 0 Å². The van der Waals surface area contributed by atoms with E-state index in [1.807, 2.05) is 0 Å². The maximum absolute atomic E-state index is 13.7. The Bertz CT molecular complexity index is 1070. The molecule has 0 saturated carbocycles. The van der Waals surface area contributed by atoms with Crippen LogP contribution < -0.4 is 4.72 Å². The number of nitrogens with one attached hydrogen (secondary N) is 1. The molecule has 136 valence electrons. The third-order valence-corrected chi connectivity index (χ3v) is 5.18. The van der Waals surface area contributed by atoms with Crippen LogP contribution in [-0.2, 0) is 16.6 Å². The minimum atomic E-state index is -4.25. The zero-order valence-electron chi connectivity index (χ0n) is 13.0. The van der Waals surface area contributed by atoms with Gasteiger partial charge in [0, 0.05) is 17.3 Å². The molecule has 0 atom stereocenters. The Hall–Kier alpha value is -2.52. The molecule has 0 aliphatic heterocycles. The third kappa shape index (κ3) is 4.00. The van der Waals surface area contributed by atoms with Gasteiger partial charge in [-0.15, -0.1) is 0 Å². The van der Waals surface area contributed by atoms with Crippen LogP contribution in [0.5, 0.6) is 0 Å². The minimum absolute atomic E-state index is 0.0759. The van der Waals surface area contributed by atoms with E-state index >= 15 is 0 Å². The summed E-state index contributed by atoms with van der Waals surface area (Å²) >= 11 is 5.94. The lowest BCUT2D eigenvalue weighted by Gasteiger charge is -2.07. The molecule has 10 heteroatoms. The van der Waals surface area contributed by atoms with E-state index < -0.39 is 32.4 Å². The van der Waals surface area contributed by atoms with Crippen LogP contribution in [0.4, 0.5) is 18.9 Å². The van der Waals surface area contributed by atoms with Gasteiger partial charge in [-0.05, 0) is 29.8 Å². The van der Waals surface area contributed by atoms with Gasteiger partial charge in [-0.2, -0.15) is 5.10 Å². The van der Waals surface area contributed by atoms with Gasteiger partial charge in [-0.25, -0.2) is 21.6 Å². The van der Waals surface area contributed by atoms with Crippen molar-refractivity contribution >= 4 is 27.3 Å². The molecule has 1 N–H and O–H groups in total. The highest BCUT2D eigenvalue weighted by atomic mass is 35.5. The van der Waals surface area contributed by atoms with Gasteiger partial charge in [0.2, 0.25) is 0 Å². The lowest BCUT2D eigenvalue weighted by Crippen LogP contribution is -2.14. The molecule has 0 fully saturated rings. The fourth-order valence-corrected chi connectivity index (χ4v) is 3.55. The molecule has 0 saturated heterocycles. The first-order chi connectivity index (χ1) is 12.2. The summed E-state index contributed by atoms with van der Waals surface area (Å²) in [4.78, 5) is -0.687. The second-order valence-corrected chi connectivity index (χ2v) is 7.40. The summed E-state index contributed by atoms with van der Waals surface area (Å²) in [5.41, 5.74) is 0.655. The highest BCUT2D eigenvalue weighted by Gasteiger charge is 2.20. The normalized spacial score (nSPS) is 11.5. The third-order valence-electron chi connectivity index (χ3n) is 3.42. The van der Waals surface area contributed by atoms with Gasteiger partial charge in [0.05, 0.1) is 18.4 Å². The lowest BCUT2D eigenvalue weighted by molar-refractivity contribution is 0.551. The summed E-state index contributed by atoms with van der Waals surface area (Å²) < 4.78 is 67.6. The van der Waals surface area contributed by atoms with E-state index in [-0.39, 0.29) is 17.3 Å². The van der Waals surface area contributed by atoms with E-state index in [1.165, 1.54) is 29.2 Å². The summed E-state index contributed by atoms with van der Waals surface area (Å²) in [7, 11) is -4.25. The van der Waals surface area contributed by atoms with E-state index in [2.05, 4.69) is 9.82 Å². The molecule has 0 bridgehead atoms. The van der Waals surface area contributed by atoms with Gasteiger partial charge in [0.1, 0.15) is 22.3 Å². The van der Waals surface area contributed by atoms with Gasteiger partial charge >= 0.3 is 0 Å². The van der Waals surface area contributed by atoms with Gasteiger partial charge in [-0.3, -0.25) is 9.40 Å². The van der Waals surface area contributed by atoms with Crippen molar-refractivity contribution in [3.63, 3.8) is 0 Å². The number of sulfonamides is 1. The first-order valence-corrected chi connectivity index (χ1v) is 9.05. The molecule has 0 aliphatic carbocycles. The minimum Gasteiger partial charge on any atom is -0.276 e. The van der Waals surface area contributed by atoms with Crippen LogP contribution in [0.1, 0.15) is 5.56 Å². The van der Waals surface area contributed by atoms with E-state index in [9.17, 15) is 21.6 Å². The Labute approximate surface area is 152 Å². The molecule has 3 rings (SSSR count). The predicted octanol–water partition coefficient (Wildman–Crippen LogP) is 3.80. The average Bonchev–Trinajstić information content (AvgIpc) is 2.96. The molecule has 5 nitrogen and oxygen atoms in total. The van der Waals surface area contributed by atoms with Crippen molar-refractivity contribution in [2.45, 2.75) is 11.4 Å². The van der Waals surface area contributed by atoms with Crippen LogP contribution >= 0.6 is 11.6 Å². The number of benzene rings is 2. The molecule has 2 aromatic carbocycles. The molecular weight excluding hydrogens is 391 g/mol. The maximum Gasteiger partial charge on any atom is 0.264 e. The van der Waals surface area contributed by atoms with Crippen LogP contribution in [0.2, 0.25) is 5.02 Å². The van der Waals surface area contributed by atoms with Crippen LogP contribution in [0.3, 0.4) is 0 Å². The van der Waals surface area contributed by atoms with Crippen LogP contribution in [-0.4, -0.2) is 18.2 Å². The van der Waals surface area contributed by atoms with E-state index in [4.69, 9.17) is 11.6 Å². The van der Waals surface area contributed by atoms with Crippen molar-refractivity contribution in [2.24, 2.45) is 0 Å². The molecule has 0 aliphatic rings. The number of aromatic nitrogens is 2. The van der Waals surface area contributed by atoms with Crippen molar-refractivity contribution < 1.29 is 21.6 Å². The zero-order chi connectivity index (χ0) is 18.9. The quantitative estimate of drug-likeness (QED) is 0.707. The van der Waals surface area contributed by atoms with Gasteiger partial charge in [0.25, 0.3) is 10.0 Å². The Balaban J connectivity index is 1.79. The Morgan fingerprint density at radius 2 is 1.77 bits per heavy atom. The first kappa shape index (κ1) is 18.3. The summed E-state index contributed by atoms with van der Waals surface area (Å²) in [5.74, 6) is -2.57. The molecule has 1 aromatic heterocycles. The van der Waals surface area contributed by atoms with Gasteiger partial charge < -0.3 is 0 Å². The number of hydrogen-bond acceptors (Lipinski definition) is 3. The van der Waals surface area contributed by atoms with Crippen LogP contribution in [0.25, 0.3) is 0 Å².